The molecule has 0 aromatic heterocycles. The number of ether oxygens (including phenoxy) is 2. The van der Waals surface area contributed by atoms with Gasteiger partial charge in [-0.1, -0.05) is 164 Å². The van der Waals surface area contributed by atoms with Gasteiger partial charge in [-0.05, 0) is 155 Å². The standard InChI is InChI=1S/C64H40N2O2/c1-2-16-45-38-46(33-30-41(45)14-1)42-28-31-44(32-29-42)63-51-36-34-48(66-57-22-7-11-26-61(57)68-62-27-12-8-23-58(62)66)40-54(51)64(50-19-13-17-43-15-3-4-18-49(43)50)52-37-35-47(39-53(52)63)65-55-20-5-9-24-59(55)67-60-25-10-6-21-56(60)65/h1-40H. The van der Waals surface area contributed by atoms with Crippen molar-refractivity contribution in [3.63, 3.8) is 0 Å². The Morgan fingerprint density at radius 3 is 1.28 bits per heavy atom. The fourth-order valence-electron chi connectivity index (χ4n) is 10.7. The summed E-state index contributed by atoms with van der Waals surface area (Å²) >= 11 is 0. The zero-order valence-corrected chi connectivity index (χ0v) is 36.8. The van der Waals surface area contributed by atoms with Crippen LogP contribution in [0.5, 0.6) is 23.0 Å². The number of para-hydroxylation sites is 8. The van der Waals surface area contributed by atoms with Crippen LogP contribution in [0.25, 0.3) is 76.5 Å². The second-order valence-corrected chi connectivity index (χ2v) is 17.6. The molecule has 0 saturated heterocycles. The van der Waals surface area contributed by atoms with Gasteiger partial charge in [0.05, 0.1) is 22.7 Å². The predicted molar refractivity (Wildman–Crippen MR) is 282 cm³/mol. The van der Waals surface area contributed by atoms with E-state index < -0.39 is 0 Å². The van der Waals surface area contributed by atoms with Gasteiger partial charge in [-0.15, -0.1) is 0 Å². The SMILES string of the molecule is c1ccc2c(c1)Oc1ccccc1N2c1ccc2c(-c3cccc4ccccc34)c3cc(N4c5ccccc5Oc5ccccc54)ccc3c(-c3ccc(-c4ccc5ccccc5c4)cc3)c2c1. The van der Waals surface area contributed by atoms with Gasteiger partial charge in [0.1, 0.15) is 0 Å². The van der Waals surface area contributed by atoms with Crippen molar-refractivity contribution in [3.8, 4) is 56.4 Å². The molecular formula is C64H40N2O2. The minimum Gasteiger partial charge on any atom is -0.453 e. The molecule has 2 aliphatic heterocycles. The Bertz CT molecular complexity index is 3910. The Balaban J connectivity index is 1.07. The van der Waals surface area contributed by atoms with E-state index in [0.29, 0.717) is 0 Å². The first-order valence-electron chi connectivity index (χ1n) is 23.2. The van der Waals surface area contributed by atoms with Crippen LogP contribution < -0.4 is 19.3 Å². The van der Waals surface area contributed by atoms with E-state index in [0.717, 1.165) is 78.8 Å². The van der Waals surface area contributed by atoms with Crippen LogP contribution in [0.2, 0.25) is 0 Å². The number of nitrogens with zero attached hydrogens (tertiary/aromatic N) is 2. The third-order valence-corrected chi connectivity index (χ3v) is 13.8. The Labute approximate surface area is 393 Å². The fraction of sp³-hybridized carbons (Fsp3) is 0. The Morgan fingerprint density at radius 1 is 0.250 bits per heavy atom. The molecule has 0 unspecified atom stereocenters. The monoisotopic (exact) mass is 868 g/mol. The first-order chi connectivity index (χ1) is 33.7. The third kappa shape index (κ3) is 6.01. The van der Waals surface area contributed by atoms with Crippen LogP contribution in [0.4, 0.5) is 34.1 Å². The molecule has 2 aliphatic rings. The van der Waals surface area contributed by atoms with E-state index in [-0.39, 0.29) is 0 Å². The first-order valence-corrected chi connectivity index (χ1v) is 23.2. The molecule has 4 heteroatoms. The highest BCUT2D eigenvalue weighted by Crippen LogP contribution is 2.55. The van der Waals surface area contributed by atoms with Gasteiger partial charge < -0.3 is 19.3 Å². The van der Waals surface area contributed by atoms with E-state index in [9.17, 15) is 0 Å². The van der Waals surface area contributed by atoms with E-state index >= 15 is 0 Å². The van der Waals surface area contributed by atoms with Crippen molar-refractivity contribution >= 4 is 77.2 Å². The van der Waals surface area contributed by atoms with E-state index in [4.69, 9.17) is 9.47 Å². The summed E-state index contributed by atoms with van der Waals surface area (Å²) in [4.78, 5) is 4.69. The average Bonchev–Trinajstić information content (AvgIpc) is 3.40. The first kappa shape index (κ1) is 38.2. The van der Waals surface area contributed by atoms with Gasteiger partial charge in [0.15, 0.2) is 23.0 Å². The lowest BCUT2D eigenvalue weighted by Crippen LogP contribution is -2.16. The molecule has 0 atom stereocenters. The summed E-state index contributed by atoms with van der Waals surface area (Å²) in [6.07, 6.45) is 0. The van der Waals surface area contributed by atoms with Crippen molar-refractivity contribution in [1.29, 1.82) is 0 Å². The highest BCUT2D eigenvalue weighted by atomic mass is 16.5. The van der Waals surface area contributed by atoms with Gasteiger partial charge >= 0.3 is 0 Å². The highest BCUT2D eigenvalue weighted by molar-refractivity contribution is 6.25. The highest BCUT2D eigenvalue weighted by Gasteiger charge is 2.29. The molecule has 0 aliphatic carbocycles. The molecule has 12 aromatic rings. The summed E-state index contributed by atoms with van der Waals surface area (Å²) in [5.41, 5.74) is 13.2. The van der Waals surface area contributed by atoms with E-state index in [1.54, 1.807) is 0 Å². The van der Waals surface area contributed by atoms with Crippen molar-refractivity contribution in [2.75, 3.05) is 9.80 Å². The molecule has 0 N–H and O–H groups in total. The summed E-state index contributed by atoms with van der Waals surface area (Å²) in [5.74, 6) is 3.30. The summed E-state index contributed by atoms with van der Waals surface area (Å²) < 4.78 is 13.0. The smallest absolute Gasteiger partial charge is 0.151 e. The largest absolute Gasteiger partial charge is 0.453 e. The molecule has 0 spiro atoms. The predicted octanol–water partition coefficient (Wildman–Crippen LogP) is 18.5. The van der Waals surface area contributed by atoms with Crippen LogP contribution in [0.1, 0.15) is 0 Å². The fourth-order valence-corrected chi connectivity index (χ4v) is 10.7. The van der Waals surface area contributed by atoms with Gasteiger partial charge in [-0.25, -0.2) is 0 Å². The molecule has 4 nitrogen and oxygen atoms in total. The van der Waals surface area contributed by atoms with E-state index in [2.05, 4.69) is 228 Å². The summed E-state index contributed by atoms with van der Waals surface area (Å²) in [5, 5.41) is 9.53. The van der Waals surface area contributed by atoms with Crippen LogP contribution in [-0.4, -0.2) is 0 Å². The summed E-state index contributed by atoms with van der Waals surface area (Å²) in [6, 6.07) is 87.3. The maximum Gasteiger partial charge on any atom is 0.151 e. The molecule has 318 valence electrons. The molecule has 68 heavy (non-hydrogen) atoms. The Kier molecular flexibility index (Phi) is 8.55. The second kappa shape index (κ2) is 15.2. The summed E-state index contributed by atoms with van der Waals surface area (Å²) in [7, 11) is 0. The van der Waals surface area contributed by atoms with Gasteiger partial charge in [-0.3, -0.25) is 0 Å². The summed E-state index contributed by atoms with van der Waals surface area (Å²) in [6.45, 7) is 0. The van der Waals surface area contributed by atoms with Crippen LogP contribution in [0, 0.1) is 0 Å². The molecule has 12 aromatic carbocycles. The number of hydrogen-bond acceptors (Lipinski definition) is 4. The van der Waals surface area contributed by atoms with Crippen molar-refractivity contribution in [2.45, 2.75) is 0 Å². The lowest BCUT2D eigenvalue weighted by molar-refractivity contribution is 0.477. The number of rotatable bonds is 5. The minimum absolute atomic E-state index is 0.824. The Hall–Kier alpha value is -9.12. The second-order valence-electron chi connectivity index (χ2n) is 17.6. The van der Waals surface area contributed by atoms with Crippen LogP contribution >= 0.6 is 0 Å². The van der Waals surface area contributed by atoms with Crippen molar-refractivity contribution in [3.05, 3.63) is 243 Å². The van der Waals surface area contributed by atoms with Crippen LogP contribution in [0.15, 0.2) is 243 Å². The zero-order valence-electron chi connectivity index (χ0n) is 36.8. The number of hydrogen-bond donors (Lipinski definition) is 0. The molecule has 2 heterocycles. The number of anilines is 6. The van der Waals surface area contributed by atoms with Crippen molar-refractivity contribution < 1.29 is 9.47 Å². The van der Waals surface area contributed by atoms with Gasteiger partial charge in [-0.2, -0.15) is 0 Å². The van der Waals surface area contributed by atoms with Gasteiger partial charge in [0.2, 0.25) is 0 Å². The van der Waals surface area contributed by atoms with Gasteiger partial charge in [0, 0.05) is 11.4 Å². The molecule has 0 saturated carbocycles. The maximum absolute atomic E-state index is 6.51. The van der Waals surface area contributed by atoms with Crippen molar-refractivity contribution in [1.82, 2.24) is 0 Å². The van der Waals surface area contributed by atoms with E-state index in [1.165, 1.54) is 54.7 Å². The third-order valence-electron chi connectivity index (χ3n) is 13.8. The van der Waals surface area contributed by atoms with E-state index in [1.807, 2.05) is 24.3 Å². The molecule has 0 radical (unpaired) electrons. The lowest BCUT2D eigenvalue weighted by Gasteiger charge is -2.33. The molecule has 0 amide bonds. The molecular weight excluding hydrogens is 829 g/mol. The average molecular weight is 869 g/mol. The minimum atomic E-state index is 0.824. The molecule has 0 bridgehead atoms. The molecule has 14 rings (SSSR count). The van der Waals surface area contributed by atoms with Gasteiger partial charge in [0.25, 0.3) is 0 Å². The van der Waals surface area contributed by atoms with Crippen molar-refractivity contribution in [2.24, 2.45) is 0 Å². The van der Waals surface area contributed by atoms with Crippen LogP contribution in [0.3, 0.4) is 0 Å². The lowest BCUT2D eigenvalue weighted by atomic mass is 9.84. The number of benzene rings is 12. The quantitative estimate of drug-likeness (QED) is 0.161. The zero-order chi connectivity index (χ0) is 44.7. The Morgan fingerprint density at radius 2 is 0.691 bits per heavy atom. The normalized spacial score (nSPS) is 12.6. The number of fused-ring (bicyclic) bond motifs is 8. The topological polar surface area (TPSA) is 24.9 Å². The van der Waals surface area contributed by atoms with Crippen LogP contribution in [-0.2, 0) is 0 Å². The maximum atomic E-state index is 6.51. The molecule has 0 fully saturated rings.